The van der Waals surface area contributed by atoms with Gasteiger partial charge in [-0.1, -0.05) is 25.1 Å². The lowest BCUT2D eigenvalue weighted by Crippen LogP contribution is -2.48. The van der Waals surface area contributed by atoms with E-state index in [-0.39, 0.29) is 10.6 Å². The summed E-state index contributed by atoms with van der Waals surface area (Å²) >= 11 is 0. The first-order chi connectivity index (χ1) is 13.6. The van der Waals surface area contributed by atoms with Crippen molar-refractivity contribution in [2.75, 3.05) is 25.1 Å². The molecule has 0 bridgehead atoms. The van der Waals surface area contributed by atoms with Crippen LogP contribution in [0.5, 0.6) is 11.5 Å². The molecular weight excluding hydrogens is 392 g/mol. The van der Waals surface area contributed by atoms with Crippen molar-refractivity contribution in [3.63, 3.8) is 0 Å². The molecule has 0 aliphatic rings. The molecule has 0 aromatic heterocycles. The SMILES string of the molecule is CCC(C)(C)NC(=O)CN(c1cc(OC)ccc1OC)S(=O)(=O)c1ccccc1. The van der Waals surface area contributed by atoms with Gasteiger partial charge in [0, 0.05) is 11.6 Å². The number of anilines is 1. The summed E-state index contributed by atoms with van der Waals surface area (Å²) in [6.45, 7) is 5.31. The number of hydrogen-bond acceptors (Lipinski definition) is 5. The van der Waals surface area contributed by atoms with Crippen LogP contribution in [0.2, 0.25) is 0 Å². The number of nitrogens with zero attached hydrogens (tertiary/aromatic N) is 1. The lowest BCUT2D eigenvalue weighted by atomic mass is 10.0. The minimum Gasteiger partial charge on any atom is -0.497 e. The van der Waals surface area contributed by atoms with Crippen molar-refractivity contribution in [3.8, 4) is 11.5 Å². The Labute approximate surface area is 172 Å². The average molecular weight is 421 g/mol. The fourth-order valence-electron chi connectivity index (χ4n) is 2.65. The molecule has 0 fully saturated rings. The summed E-state index contributed by atoms with van der Waals surface area (Å²) < 4.78 is 38.5. The molecule has 8 heteroatoms. The maximum absolute atomic E-state index is 13.4. The number of nitrogens with one attached hydrogen (secondary N) is 1. The molecule has 2 aromatic rings. The molecule has 7 nitrogen and oxygen atoms in total. The van der Waals surface area contributed by atoms with Gasteiger partial charge in [0.05, 0.1) is 24.8 Å². The molecule has 1 amide bonds. The van der Waals surface area contributed by atoms with E-state index >= 15 is 0 Å². The molecule has 0 heterocycles. The summed E-state index contributed by atoms with van der Waals surface area (Å²) in [5.74, 6) is 0.345. The number of hydrogen-bond donors (Lipinski definition) is 1. The highest BCUT2D eigenvalue weighted by Crippen LogP contribution is 2.35. The normalized spacial score (nSPS) is 11.6. The van der Waals surface area contributed by atoms with Crippen LogP contribution in [0.3, 0.4) is 0 Å². The number of rotatable bonds is 9. The highest BCUT2D eigenvalue weighted by atomic mass is 32.2. The predicted molar refractivity (Wildman–Crippen MR) is 113 cm³/mol. The third-order valence-electron chi connectivity index (χ3n) is 4.63. The van der Waals surface area contributed by atoms with Crippen molar-refractivity contribution in [1.29, 1.82) is 0 Å². The number of ether oxygens (including phenoxy) is 2. The predicted octanol–water partition coefficient (Wildman–Crippen LogP) is 3.20. The quantitative estimate of drug-likeness (QED) is 0.673. The fourth-order valence-corrected chi connectivity index (χ4v) is 4.09. The maximum Gasteiger partial charge on any atom is 0.264 e. The van der Waals surface area contributed by atoms with Crippen molar-refractivity contribution < 1.29 is 22.7 Å². The first kappa shape index (κ1) is 22.5. The van der Waals surface area contributed by atoms with Gasteiger partial charge in [0.1, 0.15) is 18.0 Å². The van der Waals surface area contributed by atoms with Crippen LogP contribution >= 0.6 is 0 Å². The number of carbonyl (C=O) groups excluding carboxylic acids is 1. The van der Waals surface area contributed by atoms with Crippen molar-refractivity contribution in [1.82, 2.24) is 5.32 Å². The Hall–Kier alpha value is -2.74. The largest absolute Gasteiger partial charge is 0.497 e. The van der Waals surface area contributed by atoms with Crippen LogP contribution in [0.4, 0.5) is 5.69 Å². The Morgan fingerprint density at radius 1 is 1.07 bits per heavy atom. The molecule has 0 aliphatic heterocycles. The molecule has 0 saturated carbocycles. The molecule has 2 aromatic carbocycles. The molecule has 0 unspecified atom stereocenters. The van der Waals surface area contributed by atoms with Gasteiger partial charge in [0.25, 0.3) is 10.0 Å². The summed E-state index contributed by atoms with van der Waals surface area (Å²) in [7, 11) is -1.10. The van der Waals surface area contributed by atoms with Gasteiger partial charge in [0.15, 0.2) is 0 Å². The Morgan fingerprint density at radius 3 is 2.28 bits per heavy atom. The Bertz CT molecular complexity index is 943. The van der Waals surface area contributed by atoms with Crippen LogP contribution in [-0.2, 0) is 14.8 Å². The smallest absolute Gasteiger partial charge is 0.264 e. The van der Waals surface area contributed by atoms with Crippen molar-refractivity contribution >= 4 is 21.6 Å². The van der Waals surface area contributed by atoms with Crippen LogP contribution in [0.1, 0.15) is 27.2 Å². The summed E-state index contributed by atoms with van der Waals surface area (Å²) in [6, 6.07) is 12.8. The van der Waals surface area contributed by atoms with E-state index in [9.17, 15) is 13.2 Å². The van der Waals surface area contributed by atoms with Gasteiger partial charge < -0.3 is 14.8 Å². The molecule has 0 aliphatic carbocycles. The molecule has 2 rings (SSSR count). The lowest BCUT2D eigenvalue weighted by Gasteiger charge is -2.29. The van der Waals surface area contributed by atoms with Crippen molar-refractivity contribution in [3.05, 3.63) is 48.5 Å². The molecule has 29 heavy (non-hydrogen) atoms. The first-order valence-electron chi connectivity index (χ1n) is 9.25. The minimum absolute atomic E-state index is 0.0763. The Morgan fingerprint density at radius 2 is 1.72 bits per heavy atom. The van der Waals surface area contributed by atoms with E-state index in [1.54, 1.807) is 30.3 Å². The summed E-state index contributed by atoms with van der Waals surface area (Å²) in [4.78, 5) is 12.8. The fraction of sp³-hybridized carbons (Fsp3) is 0.381. The molecule has 1 N–H and O–H groups in total. The molecule has 158 valence electrons. The second kappa shape index (κ2) is 9.17. The van der Waals surface area contributed by atoms with Crippen LogP contribution in [0, 0.1) is 0 Å². The van der Waals surface area contributed by atoms with Crippen LogP contribution in [0.15, 0.2) is 53.4 Å². The zero-order chi connectivity index (χ0) is 21.7. The van der Waals surface area contributed by atoms with E-state index < -0.39 is 28.0 Å². The summed E-state index contributed by atoms with van der Waals surface area (Å²) in [6.07, 6.45) is 0.701. The third-order valence-corrected chi connectivity index (χ3v) is 6.41. The van der Waals surface area contributed by atoms with E-state index in [2.05, 4.69) is 5.32 Å². The zero-order valence-corrected chi connectivity index (χ0v) is 18.2. The zero-order valence-electron chi connectivity index (χ0n) is 17.4. The monoisotopic (exact) mass is 420 g/mol. The molecular formula is C21H28N2O5S. The lowest BCUT2D eigenvalue weighted by molar-refractivity contribution is -0.121. The number of carbonyl (C=O) groups is 1. The standard InChI is InChI=1S/C21H28N2O5S/c1-6-21(2,3)22-20(24)15-23(29(25,26)17-10-8-7-9-11-17)18-14-16(27-4)12-13-19(18)28-5/h7-14H,6,15H2,1-5H3,(H,22,24). The van der Waals surface area contributed by atoms with E-state index in [1.807, 2.05) is 20.8 Å². The van der Waals surface area contributed by atoms with Crippen LogP contribution < -0.4 is 19.1 Å². The minimum atomic E-state index is -4.03. The number of methoxy groups -OCH3 is 2. The van der Waals surface area contributed by atoms with E-state index in [0.717, 1.165) is 4.31 Å². The van der Waals surface area contributed by atoms with Crippen molar-refractivity contribution in [2.24, 2.45) is 0 Å². The number of amides is 1. The van der Waals surface area contributed by atoms with E-state index in [0.29, 0.717) is 17.9 Å². The number of benzene rings is 2. The Kier molecular flexibility index (Phi) is 7.13. The first-order valence-corrected chi connectivity index (χ1v) is 10.7. The van der Waals surface area contributed by atoms with Gasteiger partial charge in [0.2, 0.25) is 5.91 Å². The topological polar surface area (TPSA) is 84.9 Å². The van der Waals surface area contributed by atoms with Gasteiger partial charge >= 0.3 is 0 Å². The summed E-state index contributed by atoms with van der Waals surface area (Å²) in [5, 5.41) is 2.88. The highest BCUT2D eigenvalue weighted by Gasteiger charge is 2.31. The highest BCUT2D eigenvalue weighted by molar-refractivity contribution is 7.92. The van der Waals surface area contributed by atoms with Gasteiger partial charge in [-0.3, -0.25) is 9.10 Å². The molecule has 0 atom stereocenters. The van der Waals surface area contributed by atoms with Gasteiger partial charge in [-0.25, -0.2) is 8.42 Å². The Balaban J connectivity index is 2.57. The van der Waals surface area contributed by atoms with Crippen LogP contribution in [-0.4, -0.2) is 40.6 Å². The second-order valence-corrected chi connectivity index (χ2v) is 9.01. The van der Waals surface area contributed by atoms with Crippen LogP contribution in [0.25, 0.3) is 0 Å². The van der Waals surface area contributed by atoms with E-state index in [1.165, 1.54) is 32.4 Å². The third kappa shape index (κ3) is 5.41. The van der Waals surface area contributed by atoms with Gasteiger partial charge in [-0.15, -0.1) is 0 Å². The van der Waals surface area contributed by atoms with Crippen molar-refractivity contribution in [2.45, 2.75) is 37.6 Å². The van der Waals surface area contributed by atoms with E-state index in [4.69, 9.17) is 9.47 Å². The molecule has 0 radical (unpaired) electrons. The van der Waals surface area contributed by atoms with Gasteiger partial charge in [-0.05, 0) is 44.5 Å². The molecule has 0 saturated heterocycles. The maximum atomic E-state index is 13.4. The van der Waals surface area contributed by atoms with Gasteiger partial charge in [-0.2, -0.15) is 0 Å². The average Bonchev–Trinajstić information content (AvgIpc) is 2.71. The summed E-state index contributed by atoms with van der Waals surface area (Å²) in [5.41, 5.74) is -0.238. The number of sulfonamides is 1. The molecule has 0 spiro atoms. The second-order valence-electron chi connectivity index (χ2n) is 7.15.